The molecule has 4 nitrogen and oxygen atoms in total. The van der Waals surface area contributed by atoms with Crippen LogP contribution in [0.3, 0.4) is 0 Å². The second kappa shape index (κ2) is 5.88. The normalized spacial score (nSPS) is 25.1. The highest BCUT2D eigenvalue weighted by molar-refractivity contribution is 7.89. The van der Waals surface area contributed by atoms with Crippen LogP contribution < -0.4 is 5.73 Å². The zero-order valence-electron chi connectivity index (χ0n) is 12.1. The summed E-state index contributed by atoms with van der Waals surface area (Å²) in [6.45, 7) is 9.45. The van der Waals surface area contributed by atoms with Gasteiger partial charge in [-0.15, -0.1) is 0 Å². The summed E-state index contributed by atoms with van der Waals surface area (Å²) in [5.41, 5.74) is 5.95. The van der Waals surface area contributed by atoms with Gasteiger partial charge in [0.15, 0.2) is 0 Å². The lowest BCUT2D eigenvalue weighted by Gasteiger charge is -2.34. The minimum atomic E-state index is -3.11. The first kappa shape index (κ1) is 15.9. The van der Waals surface area contributed by atoms with E-state index in [1.807, 2.05) is 6.92 Å². The van der Waals surface area contributed by atoms with Gasteiger partial charge in [0.1, 0.15) is 0 Å². The Morgan fingerprint density at radius 1 is 1.39 bits per heavy atom. The Morgan fingerprint density at radius 2 is 2.00 bits per heavy atom. The van der Waals surface area contributed by atoms with E-state index in [2.05, 4.69) is 20.8 Å². The van der Waals surface area contributed by atoms with Crippen LogP contribution in [0.5, 0.6) is 0 Å². The fraction of sp³-hybridized carbons (Fsp3) is 1.00. The maximum atomic E-state index is 12.3. The summed E-state index contributed by atoms with van der Waals surface area (Å²) in [5, 5.41) is 0. The number of hydrogen-bond donors (Lipinski definition) is 1. The third-order valence-corrected chi connectivity index (χ3v) is 5.51. The van der Waals surface area contributed by atoms with Gasteiger partial charge in [-0.05, 0) is 37.5 Å². The topological polar surface area (TPSA) is 63.4 Å². The largest absolute Gasteiger partial charge is 0.328 e. The van der Waals surface area contributed by atoms with E-state index in [1.165, 1.54) is 0 Å². The van der Waals surface area contributed by atoms with Crippen LogP contribution in [0.2, 0.25) is 0 Å². The quantitative estimate of drug-likeness (QED) is 0.852. The van der Waals surface area contributed by atoms with Crippen LogP contribution in [0.25, 0.3) is 0 Å². The van der Waals surface area contributed by atoms with Gasteiger partial charge in [0.25, 0.3) is 0 Å². The molecule has 0 saturated carbocycles. The molecule has 1 aliphatic rings. The third kappa shape index (κ3) is 4.86. The molecule has 0 amide bonds. The van der Waals surface area contributed by atoms with Crippen molar-refractivity contribution in [3.63, 3.8) is 0 Å². The first-order chi connectivity index (χ1) is 8.12. The first-order valence-electron chi connectivity index (χ1n) is 6.85. The lowest BCUT2D eigenvalue weighted by Crippen LogP contribution is -2.45. The lowest BCUT2D eigenvalue weighted by atomic mass is 9.93. The molecule has 2 unspecified atom stereocenters. The average Bonchev–Trinajstić information content (AvgIpc) is 2.26. The molecule has 2 N–H and O–H groups in total. The van der Waals surface area contributed by atoms with Crippen LogP contribution in [0, 0.1) is 11.3 Å². The van der Waals surface area contributed by atoms with Crippen LogP contribution in [-0.4, -0.2) is 37.6 Å². The fourth-order valence-corrected chi connectivity index (χ4v) is 4.17. The highest BCUT2D eigenvalue weighted by atomic mass is 32.2. The van der Waals surface area contributed by atoms with Crippen molar-refractivity contribution in [3.05, 3.63) is 0 Å². The predicted molar refractivity (Wildman–Crippen MR) is 75.8 cm³/mol. The summed E-state index contributed by atoms with van der Waals surface area (Å²) in [7, 11) is -3.11. The van der Waals surface area contributed by atoms with Crippen molar-refractivity contribution in [3.8, 4) is 0 Å². The summed E-state index contributed by atoms with van der Waals surface area (Å²) in [6, 6.07) is 0.0746. The SMILES string of the molecule is CC(N)C1CCCN(S(=O)(=O)CCC(C)(C)C)C1. The molecular weight excluding hydrogens is 248 g/mol. The van der Waals surface area contributed by atoms with Crippen molar-refractivity contribution in [1.29, 1.82) is 0 Å². The highest BCUT2D eigenvalue weighted by Gasteiger charge is 2.30. The molecule has 0 spiro atoms. The molecule has 1 aliphatic heterocycles. The number of piperidine rings is 1. The molecule has 5 heteroatoms. The smallest absolute Gasteiger partial charge is 0.214 e. The van der Waals surface area contributed by atoms with Gasteiger partial charge in [-0.25, -0.2) is 12.7 Å². The first-order valence-corrected chi connectivity index (χ1v) is 8.46. The Bertz CT molecular complexity index is 358. The summed E-state index contributed by atoms with van der Waals surface area (Å²) in [6.07, 6.45) is 2.68. The molecule has 1 fully saturated rings. The summed E-state index contributed by atoms with van der Waals surface area (Å²) in [4.78, 5) is 0. The molecule has 18 heavy (non-hydrogen) atoms. The van der Waals surface area contributed by atoms with Crippen LogP contribution in [0.4, 0.5) is 0 Å². The van der Waals surface area contributed by atoms with Gasteiger partial charge in [0.2, 0.25) is 10.0 Å². The fourth-order valence-electron chi connectivity index (χ4n) is 2.22. The minimum absolute atomic E-state index is 0.0589. The molecule has 108 valence electrons. The maximum absolute atomic E-state index is 12.3. The molecule has 1 heterocycles. The van der Waals surface area contributed by atoms with Gasteiger partial charge >= 0.3 is 0 Å². The van der Waals surface area contributed by atoms with Gasteiger partial charge in [0.05, 0.1) is 5.75 Å². The molecule has 1 rings (SSSR count). The lowest BCUT2D eigenvalue weighted by molar-refractivity contribution is 0.242. The standard InChI is InChI=1S/C13H28N2O2S/c1-11(14)12-6-5-8-15(10-12)18(16,17)9-7-13(2,3)4/h11-12H,5-10,14H2,1-4H3. The molecular formula is C13H28N2O2S. The van der Waals surface area contributed by atoms with E-state index in [0.29, 0.717) is 25.4 Å². The van der Waals surface area contributed by atoms with Crippen molar-refractivity contribution >= 4 is 10.0 Å². The number of nitrogens with two attached hydrogens (primary N) is 1. The Balaban J connectivity index is 2.62. The number of nitrogens with zero attached hydrogens (tertiary/aromatic N) is 1. The van der Waals surface area contributed by atoms with Gasteiger partial charge in [-0.2, -0.15) is 0 Å². The van der Waals surface area contributed by atoms with Gasteiger partial charge < -0.3 is 5.73 Å². The third-order valence-electron chi connectivity index (χ3n) is 3.67. The Morgan fingerprint density at radius 3 is 2.50 bits per heavy atom. The van der Waals surface area contributed by atoms with Crippen LogP contribution in [0.15, 0.2) is 0 Å². The zero-order valence-corrected chi connectivity index (χ0v) is 13.0. The van der Waals surface area contributed by atoms with Crippen LogP contribution >= 0.6 is 0 Å². The van der Waals surface area contributed by atoms with Crippen LogP contribution in [-0.2, 0) is 10.0 Å². The van der Waals surface area contributed by atoms with E-state index in [-0.39, 0.29) is 17.2 Å². The molecule has 1 saturated heterocycles. The van der Waals surface area contributed by atoms with E-state index < -0.39 is 10.0 Å². The Hall–Kier alpha value is -0.130. The summed E-state index contributed by atoms with van der Waals surface area (Å²) in [5.74, 6) is 0.561. The number of rotatable bonds is 4. The van der Waals surface area contributed by atoms with Gasteiger partial charge in [0, 0.05) is 19.1 Å². The summed E-state index contributed by atoms with van der Waals surface area (Å²) >= 11 is 0. The monoisotopic (exact) mass is 276 g/mol. The second-order valence-corrected chi connectivity index (χ2v) is 8.83. The van der Waals surface area contributed by atoms with Crippen molar-refractivity contribution in [2.45, 2.75) is 53.0 Å². The highest BCUT2D eigenvalue weighted by Crippen LogP contribution is 2.24. The molecule has 0 bridgehead atoms. The van der Waals surface area contributed by atoms with Crippen molar-refractivity contribution in [2.75, 3.05) is 18.8 Å². The number of sulfonamides is 1. The Kier molecular flexibility index (Phi) is 5.21. The molecule has 0 aromatic rings. The van der Waals surface area contributed by atoms with Crippen LogP contribution in [0.1, 0.15) is 47.0 Å². The number of hydrogen-bond acceptors (Lipinski definition) is 3. The van der Waals surface area contributed by atoms with E-state index in [4.69, 9.17) is 5.73 Å². The molecule has 0 aliphatic carbocycles. The predicted octanol–water partition coefficient (Wildman–Crippen LogP) is 1.81. The maximum Gasteiger partial charge on any atom is 0.214 e. The molecule has 0 radical (unpaired) electrons. The second-order valence-electron chi connectivity index (χ2n) is 6.75. The van der Waals surface area contributed by atoms with Gasteiger partial charge in [-0.1, -0.05) is 20.8 Å². The van der Waals surface area contributed by atoms with Crippen molar-refractivity contribution in [1.82, 2.24) is 4.31 Å². The molecule has 0 aromatic heterocycles. The van der Waals surface area contributed by atoms with E-state index >= 15 is 0 Å². The summed E-state index contributed by atoms with van der Waals surface area (Å²) < 4.78 is 26.2. The van der Waals surface area contributed by atoms with Crippen molar-refractivity contribution < 1.29 is 8.42 Å². The van der Waals surface area contributed by atoms with E-state index in [9.17, 15) is 8.42 Å². The minimum Gasteiger partial charge on any atom is -0.328 e. The molecule has 0 aromatic carbocycles. The van der Waals surface area contributed by atoms with Gasteiger partial charge in [-0.3, -0.25) is 0 Å². The van der Waals surface area contributed by atoms with Crippen molar-refractivity contribution in [2.24, 2.45) is 17.1 Å². The average molecular weight is 276 g/mol. The zero-order chi connectivity index (χ0) is 14.0. The molecule has 2 atom stereocenters. The van der Waals surface area contributed by atoms with E-state index in [1.54, 1.807) is 4.31 Å². The van der Waals surface area contributed by atoms with E-state index in [0.717, 1.165) is 12.8 Å². The Labute approximate surface area is 112 Å².